The van der Waals surface area contributed by atoms with E-state index in [1.807, 2.05) is 6.21 Å². The van der Waals surface area contributed by atoms with Crippen molar-refractivity contribution in [1.29, 1.82) is 0 Å². The molecule has 0 N–H and O–H groups in total. The SMILES string of the molecule is C=CC=NC1CCCCC1. The van der Waals surface area contributed by atoms with Crippen LogP contribution >= 0.6 is 0 Å². The second-order valence-corrected chi connectivity index (χ2v) is 2.83. The van der Waals surface area contributed by atoms with Crippen molar-refractivity contribution in [3.63, 3.8) is 0 Å². The third-order valence-corrected chi connectivity index (χ3v) is 1.98. The highest BCUT2D eigenvalue weighted by Crippen LogP contribution is 2.19. The number of allylic oxidation sites excluding steroid dienone is 1. The highest BCUT2D eigenvalue weighted by Gasteiger charge is 2.09. The molecule has 1 heteroatoms. The molecule has 0 atom stereocenters. The van der Waals surface area contributed by atoms with E-state index in [9.17, 15) is 0 Å². The van der Waals surface area contributed by atoms with Gasteiger partial charge < -0.3 is 0 Å². The maximum atomic E-state index is 4.36. The van der Waals surface area contributed by atoms with E-state index in [1.165, 1.54) is 32.1 Å². The maximum absolute atomic E-state index is 4.36. The number of nitrogens with zero attached hydrogens (tertiary/aromatic N) is 1. The summed E-state index contributed by atoms with van der Waals surface area (Å²) >= 11 is 0. The molecule has 0 saturated heterocycles. The highest BCUT2D eigenvalue weighted by atomic mass is 14.8. The van der Waals surface area contributed by atoms with Crippen molar-refractivity contribution in [3.05, 3.63) is 12.7 Å². The maximum Gasteiger partial charge on any atom is 0.0499 e. The molecule has 0 aromatic heterocycles. The van der Waals surface area contributed by atoms with Crippen molar-refractivity contribution in [2.45, 2.75) is 38.1 Å². The van der Waals surface area contributed by atoms with Crippen LogP contribution < -0.4 is 0 Å². The van der Waals surface area contributed by atoms with Crippen LogP contribution in [-0.2, 0) is 0 Å². The van der Waals surface area contributed by atoms with Gasteiger partial charge in [-0.2, -0.15) is 0 Å². The Morgan fingerprint density at radius 3 is 2.50 bits per heavy atom. The van der Waals surface area contributed by atoms with Gasteiger partial charge in [0.1, 0.15) is 0 Å². The van der Waals surface area contributed by atoms with Crippen LogP contribution in [0.25, 0.3) is 0 Å². The number of rotatable bonds is 2. The first-order valence-electron chi connectivity index (χ1n) is 4.07. The zero-order valence-electron chi connectivity index (χ0n) is 6.42. The van der Waals surface area contributed by atoms with Gasteiger partial charge in [-0.15, -0.1) is 0 Å². The van der Waals surface area contributed by atoms with Gasteiger partial charge in [-0.1, -0.05) is 31.9 Å². The van der Waals surface area contributed by atoms with Crippen molar-refractivity contribution in [3.8, 4) is 0 Å². The molecule has 1 aliphatic carbocycles. The van der Waals surface area contributed by atoms with E-state index in [4.69, 9.17) is 0 Å². The van der Waals surface area contributed by atoms with Crippen LogP contribution in [-0.4, -0.2) is 12.3 Å². The van der Waals surface area contributed by atoms with Gasteiger partial charge in [-0.05, 0) is 12.8 Å². The molecule has 0 bridgehead atoms. The predicted octanol–water partition coefficient (Wildman–Crippen LogP) is 2.58. The summed E-state index contributed by atoms with van der Waals surface area (Å²) in [6.07, 6.45) is 10.3. The Balaban J connectivity index is 2.25. The van der Waals surface area contributed by atoms with Crippen LogP contribution in [0.15, 0.2) is 17.6 Å². The quantitative estimate of drug-likeness (QED) is 0.519. The molecule has 0 aromatic carbocycles. The van der Waals surface area contributed by atoms with E-state index >= 15 is 0 Å². The van der Waals surface area contributed by atoms with Crippen LogP contribution in [0.4, 0.5) is 0 Å². The summed E-state index contributed by atoms with van der Waals surface area (Å²) in [4.78, 5) is 4.36. The van der Waals surface area contributed by atoms with Crippen LogP contribution in [0.1, 0.15) is 32.1 Å². The minimum absolute atomic E-state index is 0.603. The normalized spacial score (nSPS) is 21.6. The van der Waals surface area contributed by atoms with Crippen molar-refractivity contribution >= 4 is 6.21 Å². The van der Waals surface area contributed by atoms with E-state index in [2.05, 4.69) is 11.6 Å². The molecule has 10 heavy (non-hydrogen) atoms. The Labute approximate surface area is 62.9 Å². The second kappa shape index (κ2) is 4.26. The van der Waals surface area contributed by atoms with Crippen molar-refractivity contribution < 1.29 is 0 Å². The molecule has 1 rings (SSSR count). The molecule has 0 heterocycles. The van der Waals surface area contributed by atoms with Crippen molar-refractivity contribution in [2.75, 3.05) is 0 Å². The molecule has 0 aliphatic heterocycles. The number of hydrogen-bond donors (Lipinski definition) is 0. The lowest BCUT2D eigenvalue weighted by Gasteiger charge is -2.16. The molecule has 0 unspecified atom stereocenters. The smallest absolute Gasteiger partial charge is 0.0499 e. The first-order chi connectivity index (χ1) is 4.93. The van der Waals surface area contributed by atoms with E-state index in [0.29, 0.717) is 6.04 Å². The molecule has 0 amide bonds. The van der Waals surface area contributed by atoms with Gasteiger partial charge in [0.25, 0.3) is 0 Å². The Morgan fingerprint density at radius 1 is 1.20 bits per heavy atom. The number of aliphatic imine (C=N–C) groups is 1. The molecular weight excluding hydrogens is 122 g/mol. The summed E-state index contributed by atoms with van der Waals surface area (Å²) in [5.41, 5.74) is 0. The first-order valence-corrected chi connectivity index (χ1v) is 4.07. The van der Waals surface area contributed by atoms with E-state index in [0.717, 1.165) is 0 Å². The zero-order chi connectivity index (χ0) is 7.23. The lowest BCUT2D eigenvalue weighted by Crippen LogP contribution is -2.08. The minimum Gasteiger partial charge on any atom is -0.290 e. The fourth-order valence-corrected chi connectivity index (χ4v) is 1.41. The summed E-state index contributed by atoms with van der Waals surface area (Å²) in [5, 5.41) is 0. The van der Waals surface area contributed by atoms with E-state index < -0.39 is 0 Å². The van der Waals surface area contributed by atoms with Gasteiger partial charge in [-0.3, -0.25) is 4.99 Å². The predicted molar refractivity (Wildman–Crippen MR) is 45.6 cm³/mol. The first kappa shape index (κ1) is 7.52. The van der Waals surface area contributed by atoms with E-state index in [1.54, 1.807) is 6.08 Å². The lowest BCUT2D eigenvalue weighted by molar-refractivity contribution is 0.444. The Bertz CT molecular complexity index is 121. The topological polar surface area (TPSA) is 12.4 Å². The molecule has 56 valence electrons. The second-order valence-electron chi connectivity index (χ2n) is 2.83. The molecule has 1 aliphatic rings. The molecule has 0 aromatic rings. The lowest BCUT2D eigenvalue weighted by atomic mass is 9.96. The molecule has 1 saturated carbocycles. The molecule has 0 radical (unpaired) electrons. The fraction of sp³-hybridized carbons (Fsp3) is 0.667. The summed E-state index contributed by atoms with van der Waals surface area (Å²) in [5.74, 6) is 0. The zero-order valence-corrected chi connectivity index (χ0v) is 6.42. The van der Waals surface area contributed by atoms with Gasteiger partial charge >= 0.3 is 0 Å². The van der Waals surface area contributed by atoms with Gasteiger partial charge in [0.15, 0.2) is 0 Å². The van der Waals surface area contributed by atoms with Crippen LogP contribution in [0.5, 0.6) is 0 Å². The van der Waals surface area contributed by atoms with Crippen LogP contribution in [0, 0.1) is 0 Å². The third kappa shape index (κ3) is 2.34. The third-order valence-electron chi connectivity index (χ3n) is 1.98. The van der Waals surface area contributed by atoms with Gasteiger partial charge in [0.05, 0.1) is 0 Å². The minimum atomic E-state index is 0.603. The van der Waals surface area contributed by atoms with Gasteiger partial charge in [-0.25, -0.2) is 0 Å². The standard InChI is InChI=1S/C9H15N/c1-2-8-10-9-6-4-3-5-7-9/h2,8-9H,1,3-7H2. The summed E-state index contributed by atoms with van der Waals surface area (Å²) in [7, 11) is 0. The Morgan fingerprint density at radius 2 is 1.90 bits per heavy atom. The Hall–Kier alpha value is -0.590. The number of hydrogen-bond acceptors (Lipinski definition) is 1. The molecule has 1 fully saturated rings. The largest absolute Gasteiger partial charge is 0.290 e. The van der Waals surface area contributed by atoms with Crippen molar-refractivity contribution in [1.82, 2.24) is 0 Å². The van der Waals surface area contributed by atoms with Crippen LogP contribution in [0.2, 0.25) is 0 Å². The molecule has 1 nitrogen and oxygen atoms in total. The summed E-state index contributed by atoms with van der Waals surface area (Å²) < 4.78 is 0. The Kier molecular flexibility index (Phi) is 3.20. The van der Waals surface area contributed by atoms with Gasteiger partial charge in [0.2, 0.25) is 0 Å². The highest BCUT2D eigenvalue weighted by molar-refractivity contribution is 5.70. The molecular formula is C9H15N. The summed E-state index contributed by atoms with van der Waals surface area (Å²) in [6, 6.07) is 0.603. The monoisotopic (exact) mass is 137 g/mol. The average Bonchev–Trinajstić information content (AvgIpc) is 2.03. The van der Waals surface area contributed by atoms with Gasteiger partial charge in [0, 0.05) is 12.3 Å². The van der Waals surface area contributed by atoms with Crippen LogP contribution in [0.3, 0.4) is 0 Å². The average molecular weight is 137 g/mol. The summed E-state index contributed by atoms with van der Waals surface area (Å²) in [6.45, 7) is 3.60. The van der Waals surface area contributed by atoms with Crippen molar-refractivity contribution in [2.24, 2.45) is 4.99 Å². The molecule has 0 spiro atoms. The van der Waals surface area contributed by atoms with E-state index in [-0.39, 0.29) is 0 Å². The fourth-order valence-electron chi connectivity index (χ4n) is 1.41.